The van der Waals surface area contributed by atoms with Gasteiger partial charge in [-0.05, 0) is 50.2 Å². The molecule has 152 valence electrons. The summed E-state index contributed by atoms with van der Waals surface area (Å²) in [5.74, 6) is 1.67. The molecule has 27 heavy (non-hydrogen) atoms. The zero-order valence-electron chi connectivity index (χ0n) is 17.6. The zero-order chi connectivity index (χ0) is 20.1. The highest BCUT2D eigenvalue weighted by Crippen LogP contribution is 2.29. The van der Waals surface area contributed by atoms with Crippen molar-refractivity contribution in [3.05, 3.63) is 17.0 Å². The molecule has 1 aromatic heterocycles. The lowest BCUT2D eigenvalue weighted by Gasteiger charge is -2.35. The Morgan fingerprint density at radius 2 is 1.96 bits per heavy atom. The van der Waals surface area contributed by atoms with Crippen LogP contribution < -0.4 is 16.2 Å². The second-order valence-electron chi connectivity index (χ2n) is 8.42. The average Bonchev–Trinajstić information content (AvgIpc) is 2.84. The second kappa shape index (κ2) is 9.53. The monoisotopic (exact) mass is 393 g/mol. The van der Waals surface area contributed by atoms with Crippen molar-refractivity contribution < 1.29 is 4.79 Å². The predicted molar refractivity (Wildman–Crippen MR) is 113 cm³/mol. The molecule has 0 spiro atoms. The summed E-state index contributed by atoms with van der Waals surface area (Å²) in [6, 6.07) is 0.365. The van der Waals surface area contributed by atoms with Crippen molar-refractivity contribution in [2.75, 3.05) is 0 Å². The van der Waals surface area contributed by atoms with Gasteiger partial charge in [-0.25, -0.2) is 0 Å². The number of thiocarbonyl (C=S) groups is 1. The Kier molecular flexibility index (Phi) is 7.65. The molecule has 1 saturated carbocycles. The number of nitrogens with one attached hydrogen (secondary N) is 3. The summed E-state index contributed by atoms with van der Waals surface area (Å²) in [7, 11) is 0. The van der Waals surface area contributed by atoms with Gasteiger partial charge in [0.25, 0.3) is 0 Å². The Labute approximate surface area is 168 Å². The van der Waals surface area contributed by atoms with E-state index in [9.17, 15) is 4.79 Å². The molecule has 1 fully saturated rings. The first-order chi connectivity index (χ1) is 12.7. The van der Waals surface area contributed by atoms with Crippen molar-refractivity contribution in [2.45, 2.75) is 79.8 Å². The van der Waals surface area contributed by atoms with Crippen LogP contribution in [0.1, 0.15) is 63.9 Å². The minimum absolute atomic E-state index is 0.112. The van der Waals surface area contributed by atoms with Crippen molar-refractivity contribution >= 4 is 23.2 Å². The number of hydrogen-bond donors (Lipinski definition) is 3. The maximum absolute atomic E-state index is 12.4. The number of carbonyl (C=O) groups excluding carboxylic acids is 1. The first-order valence-electron chi connectivity index (χ1n) is 10.1. The van der Waals surface area contributed by atoms with E-state index in [-0.39, 0.29) is 5.91 Å². The smallest absolute Gasteiger partial charge is 0.242 e. The molecular weight excluding hydrogens is 358 g/mol. The van der Waals surface area contributed by atoms with E-state index in [0.717, 1.165) is 29.9 Å². The summed E-state index contributed by atoms with van der Waals surface area (Å²) in [5, 5.41) is 8.41. The SMILES string of the molecule is Cc1nn(CC(C)C)c(C)c1CC(=O)NNC(=S)N[C@@H]1CCC[C@@H](C)[C@@H]1C. The average molecular weight is 394 g/mol. The zero-order valence-corrected chi connectivity index (χ0v) is 18.4. The molecule has 0 bridgehead atoms. The van der Waals surface area contributed by atoms with Crippen LogP contribution in [-0.4, -0.2) is 26.8 Å². The van der Waals surface area contributed by atoms with E-state index in [2.05, 4.69) is 49.0 Å². The van der Waals surface area contributed by atoms with Crippen molar-refractivity contribution in [2.24, 2.45) is 17.8 Å². The van der Waals surface area contributed by atoms with E-state index in [1.807, 2.05) is 18.5 Å². The summed E-state index contributed by atoms with van der Waals surface area (Å²) < 4.78 is 1.99. The lowest BCUT2D eigenvalue weighted by atomic mass is 9.78. The van der Waals surface area contributed by atoms with Gasteiger partial charge in [0.15, 0.2) is 5.11 Å². The maximum Gasteiger partial charge on any atom is 0.242 e. The highest BCUT2D eigenvalue weighted by Gasteiger charge is 2.27. The van der Waals surface area contributed by atoms with Crippen LogP contribution in [-0.2, 0) is 17.8 Å². The minimum atomic E-state index is -0.112. The number of hydrazine groups is 1. The van der Waals surface area contributed by atoms with Crippen LogP contribution in [0.5, 0.6) is 0 Å². The van der Waals surface area contributed by atoms with Gasteiger partial charge < -0.3 is 5.32 Å². The molecule has 6 nitrogen and oxygen atoms in total. The van der Waals surface area contributed by atoms with Crippen molar-refractivity contribution in [3.8, 4) is 0 Å². The Bertz CT molecular complexity index is 670. The Morgan fingerprint density at radius 1 is 1.26 bits per heavy atom. The molecule has 0 unspecified atom stereocenters. The number of hydrogen-bond acceptors (Lipinski definition) is 3. The number of nitrogens with zero attached hydrogens (tertiary/aromatic N) is 2. The lowest BCUT2D eigenvalue weighted by molar-refractivity contribution is -0.121. The Balaban J connectivity index is 1.84. The van der Waals surface area contributed by atoms with Crippen LogP contribution in [0.15, 0.2) is 0 Å². The quantitative estimate of drug-likeness (QED) is 0.530. The number of rotatable bonds is 5. The highest BCUT2D eigenvalue weighted by molar-refractivity contribution is 7.80. The topological polar surface area (TPSA) is 71.0 Å². The van der Waals surface area contributed by atoms with Gasteiger partial charge in [-0.15, -0.1) is 0 Å². The molecule has 1 heterocycles. The third kappa shape index (κ3) is 5.92. The first-order valence-corrected chi connectivity index (χ1v) is 10.5. The molecule has 0 radical (unpaired) electrons. The summed E-state index contributed by atoms with van der Waals surface area (Å²) in [6.07, 6.45) is 3.91. The van der Waals surface area contributed by atoms with Crippen LogP contribution in [0, 0.1) is 31.6 Å². The van der Waals surface area contributed by atoms with Crippen LogP contribution in [0.2, 0.25) is 0 Å². The fourth-order valence-electron chi connectivity index (χ4n) is 3.83. The molecule has 1 amide bonds. The van der Waals surface area contributed by atoms with E-state index >= 15 is 0 Å². The molecule has 3 atom stereocenters. The number of carbonyl (C=O) groups is 1. The molecule has 1 aliphatic carbocycles. The molecular formula is C20H35N5OS. The van der Waals surface area contributed by atoms with Crippen LogP contribution in [0.3, 0.4) is 0 Å². The van der Waals surface area contributed by atoms with E-state index < -0.39 is 0 Å². The Hall–Kier alpha value is -1.63. The Morgan fingerprint density at radius 3 is 2.63 bits per heavy atom. The second-order valence-corrected chi connectivity index (χ2v) is 8.83. The molecule has 7 heteroatoms. The van der Waals surface area contributed by atoms with E-state index in [0.29, 0.717) is 35.3 Å². The van der Waals surface area contributed by atoms with E-state index in [4.69, 9.17) is 12.2 Å². The van der Waals surface area contributed by atoms with Gasteiger partial charge in [-0.1, -0.05) is 40.5 Å². The van der Waals surface area contributed by atoms with Crippen LogP contribution in [0.25, 0.3) is 0 Å². The summed E-state index contributed by atoms with van der Waals surface area (Å²) in [6.45, 7) is 13.7. The predicted octanol–water partition coefficient (Wildman–Crippen LogP) is 3.02. The number of amides is 1. The third-order valence-corrected chi connectivity index (χ3v) is 5.97. The van der Waals surface area contributed by atoms with Crippen LogP contribution >= 0.6 is 12.2 Å². The number of aromatic nitrogens is 2. The minimum Gasteiger partial charge on any atom is -0.358 e. The molecule has 1 aromatic rings. The van der Waals surface area contributed by atoms with Gasteiger partial charge in [-0.2, -0.15) is 5.10 Å². The van der Waals surface area contributed by atoms with Gasteiger partial charge in [0.1, 0.15) is 0 Å². The highest BCUT2D eigenvalue weighted by atomic mass is 32.1. The van der Waals surface area contributed by atoms with Crippen LogP contribution in [0.4, 0.5) is 0 Å². The molecule has 2 rings (SSSR count). The van der Waals surface area contributed by atoms with Crippen molar-refractivity contribution in [3.63, 3.8) is 0 Å². The van der Waals surface area contributed by atoms with E-state index in [1.165, 1.54) is 12.8 Å². The molecule has 0 saturated heterocycles. The van der Waals surface area contributed by atoms with E-state index in [1.54, 1.807) is 0 Å². The van der Waals surface area contributed by atoms with Gasteiger partial charge in [0.05, 0.1) is 12.1 Å². The van der Waals surface area contributed by atoms with Gasteiger partial charge in [0.2, 0.25) is 5.91 Å². The van der Waals surface area contributed by atoms with Gasteiger partial charge in [-0.3, -0.25) is 20.3 Å². The van der Waals surface area contributed by atoms with Crippen molar-refractivity contribution in [1.29, 1.82) is 0 Å². The normalized spacial score (nSPS) is 22.6. The summed E-state index contributed by atoms with van der Waals surface area (Å²) >= 11 is 5.36. The fraction of sp³-hybridized carbons (Fsp3) is 0.750. The molecule has 0 aliphatic heterocycles. The lowest BCUT2D eigenvalue weighted by Crippen LogP contribution is -2.52. The molecule has 3 N–H and O–H groups in total. The summed E-state index contributed by atoms with van der Waals surface area (Å²) in [4.78, 5) is 12.4. The first kappa shape index (κ1) is 21.7. The van der Waals surface area contributed by atoms with Gasteiger partial charge >= 0.3 is 0 Å². The molecule has 0 aromatic carbocycles. The summed E-state index contributed by atoms with van der Waals surface area (Å²) in [5.41, 5.74) is 8.54. The standard InChI is InChI=1S/C20H35N5OS/c1-12(2)11-25-16(6)17(15(5)24-25)10-19(26)22-23-20(27)21-18-9-7-8-13(3)14(18)4/h12-14,18H,7-11H2,1-6H3,(H,22,26)(H2,21,23,27)/t13-,14+,18-/m1/s1. The van der Waals surface area contributed by atoms with Gasteiger partial charge in [0, 0.05) is 23.8 Å². The maximum atomic E-state index is 12.4. The third-order valence-electron chi connectivity index (χ3n) is 5.75. The molecule has 1 aliphatic rings. The number of aryl methyl sites for hydroxylation is 1. The van der Waals surface area contributed by atoms with Crippen molar-refractivity contribution in [1.82, 2.24) is 25.9 Å². The fourth-order valence-corrected chi connectivity index (χ4v) is 4.04. The largest absolute Gasteiger partial charge is 0.358 e.